The van der Waals surface area contributed by atoms with Gasteiger partial charge in [-0.05, 0) is 13.8 Å². The standard InChI is InChI=1S/C7H10N2OS/c1-4(8)7(10)6-3-9-5(2)11-6/h3-4H,8H2,1-2H3/t4-/m0/s1. The van der Waals surface area contributed by atoms with Crippen molar-refractivity contribution in [3.63, 3.8) is 0 Å². The maximum atomic E-state index is 11.2. The summed E-state index contributed by atoms with van der Waals surface area (Å²) in [6.45, 7) is 3.54. The van der Waals surface area contributed by atoms with E-state index in [2.05, 4.69) is 4.98 Å². The third kappa shape index (κ3) is 1.85. The summed E-state index contributed by atoms with van der Waals surface area (Å²) in [7, 11) is 0. The summed E-state index contributed by atoms with van der Waals surface area (Å²) >= 11 is 1.38. The Morgan fingerprint density at radius 1 is 1.82 bits per heavy atom. The van der Waals surface area contributed by atoms with E-state index in [9.17, 15) is 4.79 Å². The van der Waals surface area contributed by atoms with Crippen molar-refractivity contribution in [3.05, 3.63) is 16.1 Å². The number of nitrogens with two attached hydrogens (primary N) is 1. The molecule has 0 radical (unpaired) electrons. The monoisotopic (exact) mass is 170 g/mol. The molecule has 0 saturated heterocycles. The molecule has 11 heavy (non-hydrogen) atoms. The van der Waals surface area contributed by atoms with E-state index in [4.69, 9.17) is 5.73 Å². The van der Waals surface area contributed by atoms with Gasteiger partial charge in [-0.1, -0.05) is 0 Å². The van der Waals surface area contributed by atoms with Gasteiger partial charge < -0.3 is 5.73 Å². The Labute approximate surface area is 69.3 Å². The zero-order valence-electron chi connectivity index (χ0n) is 6.50. The van der Waals surface area contributed by atoms with Crippen LogP contribution >= 0.6 is 11.3 Å². The van der Waals surface area contributed by atoms with Crippen LogP contribution in [0.3, 0.4) is 0 Å². The summed E-state index contributed by atoms with van der Waals surface area (Å²) < 4.78 is 0. The van der Waals surface area contributed by atoms with Gasteiger partial charge in [0, 0.05) is 6.20 Å². The molecule has 0 unspecified atom stereocenters. The molecule has 4 heteroatoms. The summed E-state index contributed by atoms with van der Waals surface area (Å²) in [6, 6.07) is -0.421. The van der Waals surface area contributed by atoms with E-state index in [1.807, 2.05) is 6.92 Å². The van der Waals surface area contributed by atoms with Gasteiger partial charge in [0.25, 0.3) is 0 Å². The van der Waals surface area contributed by atoms with Crippen LogP contribution in [0.25, 0.3) is 0 Å². The zero-order chi connectivity index (χ0) is 8.43. The van der Waals surface area contributed by atoms with Crippen LogP contribution < -0.4 is 5.73 Å². The number of nitrogens with zero attached hydrogens (tertiary/aromatic N) is 1. The van der Waals surface area contributed by atoms with Gasteiger partial charge in [-0.2, -0.15) is 0 Å². The minimum absolute atomic E-state index is 0.0319. The van der Waals surface area contributed by atoms with E-state index in [1.165, 1.54) is 11.3 Å². The van der Waals surface area contributed by atoms with Crippen molar-refractivity contribution in [2.75, 3.05) is 0 Å². The number of hydrogen-bond acceptors (Lipinski definition) is 4. The first-order valence-electron chi connectivity index (χ1n) is 3.33. The molecule has 1 aromatic rings. The van der Waals surface area contributed by atoms with E-state index >= 15 is 0 Å². The van der Waals surface area contributed by atoms with Crippen LogP contribution in [0.1, 0.15) is 21.6 Å². The molecule has 1 heterocycles. The minimum atomic E-state index is -0.421. The van der Waals surface area contributed by atoms with Crippen molar-refractivity contribution < 1.29 is 4.79 Å². The number of rotatable bonds is 2. The number of aromatic nitrogens is 1. The summed E-state index contributed by atoms with van der Waals surface area (Å²) in [6.07, 6.45) is 1.58. The minimum Gasteiger partial charge on any atom is -0.321 e. The van der Waals surface area contributed by atoms with Crippen LogP contribution in [0, 0.1) is 6.92 Å². The maximum Gasteiger partial charge on any atom is 0.190 e. The average molecular weight is 170 g/mol. The molecule has 2 N–H and O–H groups in total. The number of ketones is 1. The molecule has 1 atom stereocenters. The number of thiazole rings is 1. The van der Waals surface area contributed by atoms with Crippen LogP contribution in [0.5, 0.6) is 0 Å². The molecule has 60 valence electrons. The lowest BCUT2D eigenvalue weighted by molar-refractivity contribution is 0.0971. The predicted molar refractivity (Wildman–Crippen MR) is 44.8 cm³/mol. The molecule has 1 rings (SSSR count). The van der Waals surface area contributed by atoms with E-state index < -0.39 is 6.04 Å². The molecule has 0 spiro atoms. The van der Waals surface area contributed by atoms with Gasteiger partial charge in [0.1, 0.15) is 0 Å². The average Bonchev–Trinajstić information content (AvgIpc) is 2.34. The number of hydrogen-bond donors (Lipinski definition) is 1. The smallest absolute Gasteiger partial charge is 0.190 e. The van der Waals surface area contributed by atoms with Gasteiger partial charge >= 0.3 is 0 Å². The van der Waals surface area contributed by atoms with E-state index in [0.29, 0.717) is 4.88 Å². The van der Waals surface area contributed by atoms with E-state index in [1.54, 1.807) is 13.1 Å². The maximum absolute atomic E-state index is 11.2. The van der Waals surface area contributed by atoms with Crippen molar-refractivity contribution in [1.82, 2.24) is 4.98 Å². The van der Waals surface area contributed by atoms with Crippen molar-refractivity contribution in [2.24, 2.45) is 5.73 Å². The van der Waals surface area contributed by atoms with Crippen molar-refractivity contribution in [1.29, 1.82) is 0 Å². The van der Waals surface area contributed by atoms with Crippen LogP contribution in [-0.2, 0) is 0 Å². The van der Waals surface area contributed by atoms with Crippen LogP contribution in [0.2, 0.25) is 0 Å². The van der Waals surface area contributed by atoms with E-state index in [-0.39, 0.29) is 5.78 Å². The highest BCUT2D eigenvalue weighted by molar-refractivity contribution is 7.13. The quantitative estimate of drug-likeness (QED) is 0.673. The second-order valence-corrected chi connectivity index (χ2v) is 3.63. The van der Waals surface area contributed by atoms with Gasteiger partial charge in [0.2, 0.25) is 0 Å². The summed E-state index contributed by atoms with van der Waals surface area (Å²) in [5.41, 5.74) is 5.41. The lowest BCUT2D eigenvalue weighted by Gasteiger charge is -1.98. The third-order valence-corrected chi connectivity index (χ3v) is 2.21. The highest BCUT2D eigenvalue weighted by Crippen LogP contribution is 2.12. The topological polar surface area (TPSA) is 56.0 Å². The second kappa shape index (κ2) is 3.11. The fourth-order valence-corrected chi connectivity index (χ4v) is 1.52. The molecule has 0 aromatic carbocycles. The Kier molecular flexibility index (Phi) is 2.36. The first-order chi connectivity index (χ1) is 5.11. The molecular formula is C7H10N2OS. The third-order valence-electron chi connectivity index (χ3n) is 1.28. The predicted octanol–water partition coefficient (Wildman–Crippen LogP) is 0.981. The van der Waals surface area contributed by atoms with Gasteiger partial charge in [-0.15, -0.1) is 11.3 Å². The summed E-state index contributed by atoms with van der Waals surface area (Å²) in [5.74, 6) is -0.0319. The molecule has 0 aliphatic rings. The molecule has 0 bridgehead atoms. The number of carbonyl (C=O) groups excluding carboxylic acids is 1. The van der Waals surface area contributed by atoms with Crippen LogP contribution in [-0.4, -0.2) is 16.8 Å². The van der Waals surface area contributed by atoms with Crippen LogP contribution in [0.15, 0.2) is 6.20 Å². The Hall–Kier alpha value is -0.740. The van der Waals surface area contributed by atoms with Gasteiger partial charge in [-0.25, -0.2) is 4.98 Å². The SMILES string of the molecule is Cc1ncc(C(=O)[C@H](C)N)s1. The van der Waals surface area contributed by atoms with Gasteiger partial charge in [0.15, 0.2) is 5.78 Å². The fourth-order valence-electron chi connectivity index (χ4n) is 0.700. The lowest BCUT2D eigenvalue weighted by Crippen LogP contribution is -2.25. The fraction of sp³-hybridized carbons (Fsp3) is 0.429. The zero-order valence-corrected chi connectivity index (χ0v) is 7.31. The number of Topliss-reactive ketones (excluding diaryl/α,β-unsaturated/α-hetero) is 1. The second-order valence-electron chi connectivity index (χ2n) is 2.40. The normalized spacial score (nSPS) is 13.0. The highest BCUT2D eigenvalue weighted by atomic mass is 32.1. The van der Waals surface area contributed by atoms with Crippen molar-refractivity contribution in [3.8, 4) is 0 Å². The Morgan fingerprint density at radius 3 is 2.82 bits per heavy atom. The molecular weight excluding hydrogens is 160 g/mol. The molecule has 0 fully saturated rings. The highest BCUT2D eigenvalue weighted by Gasteiger charge is 2.12. The number of carbonyl (C=O) groups is 1. The first-order valence-corrected chi connectivity index (χ1v) is 4.15. The summed E-state index contributed by atoms with van der Waals surface area (Å²) in [4.78, 5) is 15.8. The molecule has 0 aliphatic heterocycles. The van der Waals surface area contributed by atoms with Gasteiger partial charge in [0.05, 0.1) is 15.9 Å². The molecule has 3 nitrogen and oxygen atoms in total. The number of aryl methyl sites for hydroxylation is 1. The molecule has 0 aliphatic carbocycles. The lowest BCUT2D eigenvalue weighted by atomic mass is 10.2. The summed E-state index contributed by atoms with van der Waals surface area (Å²) in [5, 5.41) is 0.897. The van der Waals surface area contributed by atoms with Crippen molar-refractivity contribution in [2.45, 2.75) is 19.9 Å². The Morgan fingerprint density at radius 2 is 2.45 bits per heavy atom. The van der Waals surface area contributed by atoms with E-state index in [0.717, 1.165) is 5.01 Å². The van der Waals surface area contributed by atoms with Crippen molar-refractivity contribution >= 4 is 17.1 Å². The molecule has 0 amide bonds. The largest absolute Gasteiger partial charge is 0.321 e. The van der Waals surface area contributed by atoms with Crippen LogP contribution in [0.4, 0.5) is 0 Å². The Bertz CT molecular complexity index is 267. The Balaban J connectivity index is 2.85. The van der Waals surface area contributed by atoms with Gasteiger partial charge in [-0.3, -0.25) is 4.79 Å². The molecule has 0 saturated carbocycles. The molecule has 1 aromatic heterocycles. The first kappa shape index (κ1) is 8.36.